The number of carbonyl (C=O) groups excluding carboxylic acids is 1. The lowest BCUT2D eigenvalue weighted by Gasteiger charge is -2.48. The van der Waals surface area contributed by atoms with E-state index in [0.29, 0.717) is 32.7 Å². The molecule has 9 heteroatoms. The number of amides is 1. The van der Waals surface area contributed by atoms with Gasteiger partial charge in [0.2, 0.25) is 5.91 Å². The van der Waals surface area contributed by atoms with Crippen LogP contribution in [0.2, 0.25) is 0 Å². The average molecular weight is 540 g/mol. The highest BCUT2D eigenvalue weighted by Crippen LogP contribution is 2.40. The SMILES string of the molecule is C[C@@H]1CN(CC(=O)N2CC(C)(C)c3ncc(Cc4ccc(F)cc4)cc32)[C@@H](CN2CCOC[C@@]2(C)CO)CN1. The summed E-state index contributed by atoms with van der Waals surface area (Å²) in [6, 6.07) is 9.03. The molecule has 4 heterocycles. The molecule has 212 valence electrons. The molecule has 0 radical (unpaired) electrons. The van der Waals surface area contributed by atoms with E-state index in [2.05, 4.69) is 42.0 Å². The van der Waals surface area contributed by atoms with Gasteiger partial charge in [0.1, 0.15) is 5.82 Å². The maximum absolute atomic E-state index is 13.9. The molecule has 1 aromatic heterocycles. The van der Waals surface area contributed by atoms with Gasteiger partial charge in [0.25, 0.3) is 0 Å². The topological polar surface area (TPSA) is 81.2 Å². The van der Waals surface area contributed by atoms with Gasteiger partial charge in [0.05, 0.1) is 43.3 Å². The van der Waals surface area contributed by atoms with Crippen LogP contribution in [-0.2, 0) is 21.4 Å². The van der Waals surface area contributed by atoms with Gasteiger partial charge >= 0.3 is 0 Å². The summed E-state index contributed by atoms with van der Waals surface area (Å²) in [5, 5.41) is 13.7. The second kappa shape index (κ2) is 11.2. The number of nitrogens with zero attached hydrogens (tertiary/aromatic N) is 4. The summed E-state index contributed by atoms with van der Waals surface area (Å²) < 4.78 is 19.0. The van der Waals surface area contributed by atoms with Crippen molar-refractivity contribution >= 4 is 11.6 Å². The summed E-state index contributed by atoms with van der Waals surface area (Å²) in [6.45, 7) is 13.7. The van der Waals surface area contributed by atoms with Gasteiger partial charge in [-0.05, 0) is 49.6 Å². The summed E-state index contributed by atoms with van der Waals surface area (Å²) in [6.07, 6.45) is 2.51. The largest absolute Gasteiger partial charge is 0.394 e. The number of aromatic nitrogens is 1. The fourth-order valence-electron chi connectivity index (χ4n) is 6.14. The minimum absolute atomic E-state index is 0.0371. The van der Waals surface area contributed by atoms with Crippen LogP contribution < -0.4 is 10.2 Å². The lowest BCUT2D eigenvalue weighted by Crippen LogP contribution is -2.65. The average Bonchev–Trinajstić information content (AvgIpc) is 3.18. The molecule has 2 saturated heterocycles. The number of aliphatic hydroxyl groups excluding tert-OH is 1. The number of fused-ring (bicyclic) bond motifs is 1. The molecule has 0 spiro atoms. The first-order chi connectivity index (χ1) is 18.6. The van der Waals surface area contributed by atoms with Crippen molar-refractivity contribution in [1.82, 2.24) is 20.1 Å². The van der Waals surface area contributed by atoms with Gasteiger partial charge in [-0.3, -0.25) is 19.6 Å². The van der Waals surface area contributed by atoms with E-state index in [0.717, 1.165) is 48.7 Å². The van der Waals surface area contributed by atoms with Gasteiger partial charge in [0.15, 0.2) is 0 Å². The van der Waals surface area contributed by atoms with E-state index in [9.17, 15) is 14.3 Å². The first-order valence-corrected chi connectivity index (χ1v) is 14.0. The molecule has 2 aromatic rings. The molecule has 2 N–H and O–H groups in total. The van der Waals surface area contributed by atoms with Gasteiger partial charge < -0.3 is 20.1 Å². The molecule has 0 unspecified atom stereocenters. The quantitative estimate of drug-likeness (QED) is 0.558. The fourth-order valence-corrected chi connectivity index (χ4v) is 6.14. The number of piperazine rings is 1. The Morgan fingerprint density at radius 2 is 2.00 bits per heavy atom. The Morgan fingerprint density at radius 1 is 1.23 bits per heavy atom. The number of carbonyl (C=O) groups is 1. The zero-order valence-corrected chi connectivity index (χ0v) is 23.6. The summed E-state index contributed by atoms with van der Waals surface area (Å²) in [5.41, 5.74) is 3.17. The Morgan fingerprint density at radius 3 is 2.74 bits per heavy atom. The highest BCUT2D eigenvalue weighted by atomic mass is 19.1. The number of rotatable bonds is 7. The van der Waals surface area contributed by atoms with Crippen LogP contribution in [0.5, 0.6) is 0 Å². The summed E-state index contributed by atoms with van der Waals surface area (Å²) >= 11 is 0. The number of anilines is 1. The van der Waals surface area contributed by atoms with Crippen molar-refractivity contribution in [2.45, 2.75) is 57.2 Å². The molecule has 1 amide bonds. The Bertz CT molecular complexity index is 1180. The number of pyridine rings is 1. The molecule has 3 aliphatic heterocycles. The number of nitrogens with one attached hydrogen (secondary N) is 1. The van der Waals surface area contributed by atoms with Gasteiger partial charge in [-0.1, -0.05) is 26.0 Å². The van der Waals surface area contributed by atoms with E-state index >= 15 is 0 Å². The van der Waals surface area contributed by atoms with Crippen molar-refractivity contribution in [3.05, 3.63) is 59.2 Å². The molecule has 8 nitrogen and oxygen atoms in total. The van der Waals surface area contributed by atoms with E-state index in [4.69, 9.17) is 9.72 Å². The number of aliphatic hydroxyl groups is 1. The minimum atomic E-state index is -0.415. The maximum atomic E-state index is 13.9. The van der Waals surface area contributed by atoms with E-state index in [1.165, 1.54) is 12.1 Å². The van der Waals surface area contributed by atoms with Gasteiger partial charge in [-0.15, -0.1) is 0 Å². The molecule has 1 aromatic carbocycles. The Balaban J connectivity index is 1.33. The molecular weight excluding hydrogens is 497 g/mol. The van der Waals surface area contributed by atoms with Gasteiger partial charge in [-0.25, -0.2) is 4.39 Å². The van der Waals surface area contributed by atoms with Crippen LogP contribution in [0.1, 0.15) is 44.5 Å². The molecule has 0 aliphatic carbocycles. The number of benzene rings is 1. The van der Waals surface area contributed by atoms with Gasteiger partial charge in [0, 0.05) is 56.4 Å². The normalized spacial score (nSPS) is 27.5. The number of ether oxygens (including phenoxy) is 1. The van der Waals surface area contributed by atoms with E-state index in [-0.39, 0.29) is 35.8 Å². The Kier molecular flexibility index (Phi) is 8.08. The number of halogens is 1. The fraction of sp³-hybridized carbons (Fsp3) is 0.600. The maximum Gasteiger partial charge on any atom is 0.241 e. The van der Waals surface area contributed by atoms with Crippen molar-refractivity contribution < 1.29 is 19.0 Å². The number of hydrogen-bond donors (Lipinski definition) is 2. The molecular formula is C30H42FN5O3. The molecule has 3 aliphatic rings. The predicted octanol–water partition coefficient (Wildman–Crippen LogP) is 2.18. The standard InChI is InChI=1S/C30H42FN5O3/c1-21-15-34(25(14-32-21)16-35-9-10-39-20-30(35,4)19-37)17-27(38)36-18-29(2,3)28-26(36)12-23(13-33-28)11-22-5-7-24(31)8-6-22/h5-8,12-13,21,25,32,37H,9-11,14-20H2,1-4H3/t21-,25-,30-/m1/s1. The molecule has 3 atom stereocenters. The Labute approximate surface area is 231 Å². The van der Waals surface area contributed by atoms with Crippen LogP contribution in [-0.4, -0.2) is 103 Å². The van der Waals surface area contributed by atoms with Crippen LogP contribution in [0.4, 0.5) is 10.1 Å². The van der Waals surface area contributed by atoms with E-state index < -0.39 is 5.54 Å². The lowest BCUT2D eigenvalue weighted by atomic mass is 9.91. The predicted molar refractivity (Wildman–Crippen MR) is 150 cm³/mol. The molecule has 0 saturated carbocycles. The van der Waals surface area contributed by atoms with Crippen molar-refractivity contribution in [1.29, 1.82) is 0 Å². The van der Waals surface area contributed by atoms with Gasteiger partial charge in [-0.2, -0.15) is 0 Å². The first-order valence-electron chi connectivity index (χ1n) is 14.0. The molecule has 0 bridgehead atoms. The third-order valence-electron chi connectivity index (χ3n) is 8.55. The number of hydrogen-bond acceptors (Lipinski definition) is 7. The van der Waals surface area contributed by atoms with Crippen molar-refractivity contribution in [2.24, 2.45) is 0 Å². The minimum Gasteiger partial charge on any atom is -0.394 e. The highest BCUT2D eigenvalue weighted by Gasteiger charge is 2.42. The zero-order chi connectivity index (χ0) is 27.8. The summed E-state index contributed by atoms with van der Waals surface area (Å²) in [4.78, 5) is 25.2. The van der Waals surface area contributed by atoms with Crippen LogP contribution in [0.25, 0.3) is 0 Å². The van der Waals surface area contributed by atoms with Crippen molar-refractivity contribution in [3.63, 3.8) is 0 Å². The van der Waals surface area contributed by atoms with Crippen LogP contribution in [0, 0.1) is 5.82 Å². The smallest absolute Gasteiger partial charge is 0.241 e. The summed E-state index contributed by atoms with van der Waals surface area (Å²) in [5.74, 6) is -0.173. The third-order valence-corrected chi connectivity index (χ3v) is 8.55. The van der Waals surface area contributed by atoms with Crippen molar-refractivity contribution in [3.8, 4) is 0 Å². The molecule has 2 fully saturated rings. The highest BCUT2D eigenvalue weighted by molar-refractivity contribution is 5.97. The number of morpholine rings is 1. The second-order valence-corrected chi connectivity index (χ2v) is 12.4. The first kappa shape index (κ1) is 28.1. The monoisotopic (exact) mass is 539 g/mol. The zero-order valence-electron chi connectivity index (χ0n) is 23.6. The second-order valence-electron chi connectivity index (χ2n) is 12.4. The molecule has 5 rings (SSSR count). The third kappa shape index (κ3) is 6.02. The Hall–Kier alpha value is -2.43. The lowest BCUT2D eigenvalue weighted by molar-refractivity contribution is -0.122. The van der Waals surface area contributed by atoms with Crippen LogP contribution >= 0.6 is 0 Å². The van der Waals surface area contributed by atoms with Crippen LogP contribution in [0.15, 0.2) is 36.5 Å². The van der Waals surface area contributed by atoms with E-state index in [1.54, 1.807) is 12.1 Å². The van der Waals surface area contributed by atoms with E-state index in [1.807, 2.05) is 18.0 Å². The van der Waals surface area contributed by atoms with Crippen molar-refractivity contribution in [2.75, 3.05) is 64.0 Å². The molecule has 39 heavy (non-hydrogen) atoms. The summed E-state index contributed by atoms with van der Waals surface area (Å²) in [7, 11) is 0. The van der Waals surface area contributed by atoms with Crippen LogP contribution in [0.3, 0.4) is 0 Å².